The lowest BCUT2D eigenvalue weighted by Gasteiger charge is -2.13. The van der Waals surface area contributed by atoms with Crippen molar-refractivity contribution in [2.24, 2.45) is 5.92 Å². The third-order valence-corrected chi connectivity index (χ3v) is 2.95. The minimum Gasteiger partial charge on any atom is -0.466 e. The Morgan fingerprint density at radius 3 is 1.92 bits per heavy atom. The maximum absolute atomic E-state index is 10.8. The number of rotatable bonds is 9. The first-order valence-corrected chi connectivity index (χ1v) is 8.51. The number of hydrogen-bond donors (Lipinski definition) is 0. The molecule has 0 aromatic heterocycles. The first-order valence-electron chi connectivity index (χ1n) is 8.51. The minimum absolute atomic E-state index is 0.310. The van der Waals surface area contributed by atoms with Crippen LogP contribution >= 0.6 is 0 Å². The number of carbonyl (C=O) groups is 3. The second-order valence-electron chi connectivity index (χ2n) is 5.30. The number of ether oxygens (including phenoxy) is 3. The van der Waals surface area contributed by atoms with Gasteiger partial charge in [0.05, 0.1) is 20.0 Å². The molecule has 0 radical (unpaired) electrons. The van der Waals surface area contributed by atoms with E-state index in [1.807, 2.05) is 0 Å². The highest BCUT2D eigenvalue weighted by atomic mass is 16.5. The van der Waals surface area contributed by atoms with Crippen molar-refractivity contribution < 1.29 is 28.6 Å². The summed E-state index contributed by atoms with van der Waals surface area (Å²) in [5.41, 5.74) is 0.433. The van der Waals surface area contributed by atoms with E-state index < -0.39 is 0 Å². The molecular weight excluding hydrogens is 336 g/mol. The van der Waals surface area contributed by atoms with E-state index in [4.69, 9.17) is 4.74 Å². The summed E-state index contributed by atoms with van der Waals surface area (Å²) in [6, 6.07) is 0. The third kappa shape index (κ3) is 23.9. The van der Waals surface area contributed by atoms with Gasteiger partial charge in [-0.15, -0.1) is 0 Å². The van der Waals surface area contributed by atoms with Crippen LogP contribution in [0.3, 0.4) is 0 Å². The lowest BCUT2D eigenvalue weighted by Crippen LogP contribution is -2.12. The average molecular weight is 370 g/mol. The zero-order valence-electron chi connectivity index (χ0n) is 16.8. The van der Waals surface area contributed by atoms with Crippen molar-refractivity contribution in [3.05, 3.63) is 37.6 Å². The predicted molar refractivity (Wildman–Crippen MR) is 103 cm³/mol. The summed E-state index contributed by atoms with van der Waals surface area (Å²) < 4.78 is 13.4. The Morgan fingerprint density at radius 1 is 1.12 bits per heavy atom. The van der Waals surface area contributed by atoms with E-state index >= 15 is 0 Å². The Bertz CT molecular complexity index is 440. The van der Waals surface area contributed by atoms with Crippen LogP contribution in [0.15, 0.2) is 37.6 Å². The van der Waals surface area contributed by atoms with Crippen molar-refractivity contribution >= 4 is 17.9 Å². The number of hydrogen-bond acceptors (Lipinski definition) is 6. The molecule has 0 aliphatic heterocycles. The van der Waals surface area contributed by atoms with Crippen LogP contribution in [0.25, 0.3) is 0 Å². The Morgan fingerprint density at radius 2 is 1.69 bits per heavy atom. The lowest BCUT2D eigenvalue weighted by atomic mass is 10.0. The van der Waals surface area contributed by atoms with Crippen LogP contribution in [-0.2, 0) is 28.6 Å². The van der Waals surface area contributed by atoms with Gasteiger partial charge in [0.15, 0.2) is 0 Å². The van der Waals surface area contributed by atoms with Gasteiger partial charge < -0.3 is 14.2 Å². The average Bonchev–Trinajstić information content (AvgIpc) is 2.61. The molecule has 0 aromatic rings. The number of esters is 3. The maximum Gasteiger partial charge on any atom is 0.332 e. The third-order valence-electron chi connectivity index (χ3n) is 2.95. The molecule has 6 nitrogen and oxygen atoms in total. The molecule has 1 atom stereocenters. The standard InChI is InChI=1S/C11H20O2.C5H8O2.C4H6O2/c1-4-7-8-10(5-2)9-13-11(12)6-3;1-4(2)5(6)7-3;1-3-6-4(2)5/h6,10H,3-5,7-9H2,1-2H3;1H2,2-3H3;3H,1H2,2H3. The van der Waals surface area contributed by atoms with Gasteiger partial charge in [-0.25, -0.2) is 9.59 Å². The number of unbranched alkanes of at least 4 members (excludes halogenated alkanes) is 1. The molecule has 150 valence electrons. The Hall–Kier alpha value is -2.37. The molecule has 0 saturated carbocycles. The summed E-state index contributed by atoms with van der Waals surface area (Å²) in [6.07, 6.45) is 6.95. The van der Waals surface area contributed by atoms with Crippen molar-refractivity contribution in [3.8, 4) is 0 Å². The van der Waals surface area contributed by atoms with Gasteiger partial charge in [0, 0.05) is 18.6 Å². The van der Waals surface area contributed by atoms with Crippen LogP contribution in [0.1, 0.15) is 53.4 Å². The van der Waals surface area contributed by atoms with E-state index in [2.05, 4.69) is 43.1 Å². The van der Waals surface area contributed by atoms with E-state index in [9.17, 15) is 14.4 Å². The number of carbonyl (C=O) groups excluding carboxylic acids is 3. The summed E-state index contributed by atoms with van der Waals surface area (Å²) in [6.45, 7) is 17.6. The molecule has 0 amide bonds. The van der Waals surface area contributed by atoms with Crippen molar-refractivity contribution in [1.29, 1.82) is 0 Å². The fourth-order valence-corrected chi connectivity index (χ4v) is 1.45. The molecule has 0 saturated heterocycles. The molecule has 6 heteroatoms. The molecule has 0 aromatic carbocycles. The molecule has 0 fully saturated rings. The van der Waals surface area contributed by atoms with E-state index in [0.717, 1.165) is 19.1 Å². The molecule has 0 spiro atoms. The smallest absolute Gasteiger partial charge is 0.332 e. The van der Waals surface area contributed by atoms with Gasteiger partial charge in [0.2, 0.25) is 0 Å². The van der Waals surface area contributed by atoms with E-state index in [1.165, 1.54) is 33.0 Å². The van der Waals surface area contributed by atoms with Gasteiger partial charge in [-0.05, 0) is 19.3 Å². The zero-order chi connectivity index (χ0) is 21.0. The summed E-state index contributed by atoms with van der Waals surface area (Å²) in [5.74, 6) is -0.469. The second kappa shape index (κ2) is 20.7. The van der Waals surface area contributed by atoms with Crippen LogP contribution in [0, 0.1) is 5.92 Å². The minimum atomic E-state index is -0.347. The largest absolute Gasteiger partial charge is 0.466 e. The molecule has 0 bridgehead atoms. The van der Waals surface area contributed by atoms with E-state index in [-0.39, 0.29) is 17.9 Å². The SMILES string of the molecule is C=C(C)C(=O)OC.C=CC(=O)OCC(CC)CCCC.C=COC(C)=O. The summed E-state index contributed by atoms with van der Waals surface area (Å²) in [5, 5.41) is 0. The fourth-order valence-electron chi connectivity index (χ4n) is 1.45. The van der Waals surface area contributed by atoms with Gasteiger partial charge >= 0.3 is 17.9 Å². The molecular formula is C20H34O6. The molecule has 0 heterocycles. The molecule has 26 heavy (non-hydrogen) atoms. The highest BCUT2D eigenvalue weighted by molar-refractivity contribution is 5.86. The van der Waals surface area contributed by atoms with Gasteiger partial charge in [-0.2, -0.15) is 0 Å². The van der Waals surface area contributed by atoms with Gasteiger partial charge in [-0.3, -0.25) is 4.79 Å². The van der Waals surface area contributed by atoms with Crippen LogP contribution in [-0.4, -0.2) is 31.6 Å². The monoisotopic (exact) mass is 370 g/mol. The quantitative estimate of drug-likeness (QED) is 0.260. The highest BCUT2D eigenvalue weighted by Crippen LogP contribution is 2.12. The van der Waals surface area contributed by atoms with Crippen LogP contribution in [0.4, 0.5) is 0 Å². The topological polar surface area (TPSA) is 78.9 Å². The number of methoxy groups -OCH3 is 1. The molecule has 0 N–H and O–H groups in total. The van der Waals surface area contributed by atoms with Gasteiger partial charge in [0.25, 0.3) is 0 Å². The normalized spacial score (nSPS) is 9.73. The van der Waals surface area contributed by atoms with Crippen LogP contribution < -0.4 is 0 Å². The first kappa shape index (κ1) is 28.4. The van der Waals surface area contributed by atoms with Crippen LogP contribution in [0.5, 0.6) is 0 Å². The molecule has 1 unspecified atom stereocenters. The fraction of sp³-hybridized carbons (Fsp3) is 0.550. The predicted octanol–water partition coefficient (Wildman–Crippen LogP) is 4.36. The molecule has 0 aliphatic carbocycles. The second-order valence-corrected chi connectivity index (χ2v) is 5.30. The van der Waals surface area contributed by atoms with Gasteiger partial charge in [-0.1, -0.05) is 52.8 Å². The van der Waals surface area contributed by atoms with E-state index in [0.29, 0.717) is 18.1 Å². The highest BCUT2D eigenvalue weighted by Gasteiger charge is 2.07. The van der Waals surface area contributed by atoms with E-state index in [1.54, 1.807) is 6.92 Å². The van der Waals surface area contributed by atoms with Crippen molar-refractivity contribution in [3.63, 3.8) is 0 Å². The molecule has 0 rings (SSSR count). The Balaban J connectivity index is -0.000000342. The van der Waals surface area contributed by atoms with Gasteiger partial charge in [0.1, 0.15) is 0 Å². The van der Waals surface area contributed by atoms with Crippen molar-refractivity contribution in [2.45, 2.75) is 53.4 Å². The lowest BCUT2D eigenvalue weighted by molar-refractivity contribution is -0.139. The summed E-state index contributed by atoms with van der Waals surface area (Å²) >= 11 is 0. The van der Waals surface area contributed by atoms with Crippen molar-refractivity contribution in [2.75, 3.05) is 13.7 Å². The zero-order valence-corrected chi connectivity index (χ0v) is 16.8. The van der Waals surface area contributed by atoms with Crippen LogP contribution in [0.2, 0.25) is 0 Å². The first-order chi connectivity index (χ1) is 12.2. The Labute approximate surface area is 157 Å². The maximum atomic E-state index is 10.8. The summed E-state index contributed by atoms with van der Waals surface area (Å²) in [4.78, 5) is 30.7. The Kier molecular flexibility index (Phi) is 22.6. The summed E-state index contributed by atoms with van der Waals surface area (Å²) in [7, 11) is 1.33. The molecule has 0 aliphatic rings. The van der Waals surface area contributed by atoms with Crippen molar-refractivity contribution in [1.82, 2.24) is 0 Å².